The number of rotatable bonds is 3. The van der Waals surface area contributed by atoms with Gasteiger partial charge in [0.1, 0.15) is 11.6 Å². The lowest BCUT2D eigenvalue weighted by Crippen LogP contribution is -2.47. The predicted octanol–water partition coefficient (Wildman–Crippen LogP) is 2.75. The molecule has 1 aromatic rings. The van der Waals surface area contributed by atoms with E-state index in [0.717, 1.165) is 50.0 Å². The molecule has 2 fully saturated rings. The molecule has 0 aromatic heterocycles. The Balaban J connectivity index is 1.60. The SMILES string of the molecule is O=C(C1CCCN(Cc2cc(F)cc(F)c2)C1)N1CCSCC1. The van der Waals surface area contributed by atoms with Gasteiger partial charge in [0.2, 0.25) is 5.91 Å². The summed E-state index contributed by atoms with van der Waals surface area (Å²) in [5, 5.41) is 0. The zero-order chi connectivity index (χ0) is 16.2. The molecule has 2 saturated heterocycles. The molecule has 0 spiro atoms. The normalized spacial score (nSPS) is 23.0. The highest BCUT2D eigenvalue weighted by Crippen LogP contribution is 2.22. The minimum Gasteiger partial charge on any atom is -0.341 e. The zero-order valence-corrected chi connectivity index (χ0v) is 14.0. The van der Waals surface area contributed by atoms with Crippen LogP contribution < -0.4 is 0 Å². The van der Waals surface area contributed by atoms with Crippen LogP contribution in [-0.4, -0.2) is 53.4 Å². The Kier molecular flexibility index (Phi) is 5.54. The molecule has 1 amide bonds. The van der Waals surface area contributed by atoms with Gasteiger partial charge in [-0.05, 0) is 37.1 Å². The number of carbonyl (C=O) groups is 1. The van der Waals surface area contributed by atoms with Gasteiger partial charge in [0, 0.05) is 43.8 Å². The van der Waals surface area contributed by atoms with Gasteiger partial charge in [0.15, 0.2) is 0 Å². The number of amides is 1. The van der Waals surface area contributed by atoms with Gasteiger partial charge in [-0.2, -0.15) is 11.8 Å². The van der Waals surface area contributed by atoms with E-state index in [1.54, 1.807) is 0 Å². The van der Waals surface area contributed by atoms with E-state index in [4.69, 9.17) is 0 Å². The maximum atomic E-state index is 13.3. The summed E-state index contributed by atoms with van der Waals surface area (Å²) in [7, 11) is 0. The number of halogens is 2. The number of thioether (sulfide) groups is 1. The minimum atomic E-state index is -0.546. The van der Waals surface area contributed by atoms with Crippen LogP contribution in [0.2, 0.25) is 0 Å². The van der Waals surface area contributed by atoms with E-state index in [1.165, 1.54) is 12.1 Å². The van der Waals surface area contributed by atoms with Crippen LogP contribution in [0.15, 0.2) is 18.2 Å². The van der Waals surface area contributed by atoms with Crippen molar-refractivity contribution in [3.05, 3.63) is 35.4 Å². The monoisotopic (exact) mass is 340 g/mol. The molecule has 6 heteroatoms. The van der Waals surface area contributed by atoms with Crippen LogP contribution in [0.25, 0.3) is 0 Å². The summed E-state index contributed by atoms with van der Waals surface area (Å²) >= 11 is 1.89. The molecule has 2 aliphatic rings. The largest absolute Gasteiger partial charge is 0.341 e. The second-order valence-corrected chi connectivity index (χ2v) is 7.51. The number of hydrogen-bond acceptors (Lipinski definition) is 3. The molecule has 0 radical (unpaired) electrons. The minimum absolute atomic E-state index is 0.0188. The molecule has 3 rings (SSSR count). The molecule has 1 atom stereocenters. The third-order valence-corrected chi connectivity index (χ3v) is 5.45. The van der Waals surface area contributed by atoms with Gasteiger partial charge < -0.3 is 4.90 Å². The molecular weight excluding hydrogens is 318 g/mol. The van der Waals surface area contributed by atoms with Gasteiger partial charge in [-0.25, -0.2) is 8.78 Å². The number of hydrogen-bond donors (Lipinski definition) is 0. The molecule has 1 unspecified atom stereocenters. The third-order valence-electron chi connectivity index (χ3n) is 4.51. The van der Waals surface area contributed by atoms with E-state index < -0.39 is 11.6 Å². The van der Waals surface area contributed by atoms with Crippen LogP contribution in [0.4, 0.5) is 8.78 Å². The fraction of sp³-hybridized carbons (Fsp3) is 0.588. The van der Waals surface area contributed by atoms with Gasteiger partial charge >= 0.3 is 0 Å². The fourth-order valence-electron chi connectivity index (χ4n) is 3.40. The summed E-state index contributed by atoms with van der Waals surface area (Å²) < 4.78 is 26.6. The lowest BCUT2D eigenvalue weighted by atomic mass is 9.96. The Bertz CT molecular complexity index is 543. The highest BCUT2D eigenvalue weighted by Gasteiger charge is 2.30. The molecule has 2 heterocycles. The van der Waals surface area contributed by atoms with E-state index in [0.29, 0.717) is 18.7 Å². The maximum absolute atomic E-state index is 13.3. The van der Waals surface area contributed by atoms with Gasteiger partial charge in [-0.1, -0.05) is 0 Å². The number of piperidine rings is 1. The second kappa shape index (κ2) is 7.62. The van der Waals surface area contributed by atoms with Crippen molar-refractivity contribution in [1.29, 1.82) is 0 Å². The number of carbonyl (C=O) groups excluding carboxylic acids is 1. The van der Waals surface area contributed by atoms with Crippen LogP contribution in [0.3, 0.4) is 0 Å². The highest BCUT2D eigenvalue weighted by molar-refractivity contribution is 7.99. The average Bonchev–Trinajstić information content (AvgIpc) is 2.54. The first-order valence-corrected chi connectivity index (χ1v) is 9.31. The second-order valence-electron chi connectivity index (χ2n) is 6.29. The van der Waals surface area contributed by atoms with Crippen molar-refractivity contribution in [3.63, 3.8) is 0 Å². The van der Waals surface area contributed by atoms with E-state index in [9.17, 15) is 13.6 Å². The Hall–Kier alpha value is -1.14. The molecule has 126 valence electrons. The first-order valence-electron chi connectivity index (χ1n) is 8.15. The van der Waals surface area contributed by atoms with Crippen LogP contribution in [0.5, 0.6) is 0 Å². The molecule has 0 bridgehead atoms. The van der Waals surface area contributed by atoms with Crippen molar-refractivity contribution >= 4 is 17.7 Å². The number of nitrogens with zero attached hydrogens (tertiary/aromatic N) is 2. The van der Waals surface area contributed by atoms with Crippen molar-refractivity contribution in [2.75, 3.05) is 37.7 Å². The molecule has 3 nitrogen and oxygen atoms in total. The Labute approximate surface area is 140 Å². The number of likely N-dealkylation sites (tertiary alicyclic amines) is 1. The quantitative estimate of drug-likeness (QED) is 0.845. The lowest BCUT2D eigenvalue weighted by Gasteiger charge is -2.36. The number of benzene rings is 1. The maximum Gasteiger partial charge on any atom is 0.227 e. The summed E-state index contributed by atoms with van der Waals surface area (Å²) in [5.74, 6) is 1.21. The van der Waals surface area contributed by atoms with Gasteiger partial charge in [-0.15, -0.1) is 0 Å². The first-order chi connectivity index (χ1) is 11.1. The molecule has 1 aromatic carbocycles. The summed E-state index contributed by atoms with van der Waals surface area (Å²) in [6.07, 6.45) is 1.87. The van der Waals surface area contributed by atoms with Crippen molar-refractivity contribution in [1.82, 2.24) is 9.80 Å². The lowest BCUT2D eigenvalue weighted by molar-refractivity contribution is -0.137. The van der Waals surface area contributed by atoms with Gasteiger partial charge in [0.05, 0.1) is 5.92 Å². The standard InChI is InChI=1S/C17H22F2N2OS/c18-15-8-13(9-16(19)10-15)11-20-3-1-2-14(12-20)17(22)21-4-6-23-7-5-21/h8-10,14H,1-7,11-12H2. The Morgan fingerprint density at radius 3 is 2.52 bits per heavy atom. The molecule has 23 heavy (non-hydrogen) atoms. The van der Waals surface area contributed by atoms with Crippen LogP contribution >= 0.6 is 11.8 Å². The zero-order valence-electron chi connectivity index (χ0n) is 13.1. The molecule has 2 aliphatic heterocycles. The summed E-state index contributed by atoms with van der Waals surface area (Å²) in [6.45, 7) is 3.73. The fourth-order valence-corrected chi connectivity index (χ4v) is 4.31. The van der Waals surface area contributed by atoms with E-state index >= 15 is 0 Å². The van der Waals surface area contributed by atoms with Crippen molar-refractivity contribution in [2.45, 2.75) is 19.4 Å². The molecule has 0 N–H and O–H groups in total. The predicted molar refractivity (Wildman–Crippen MR) is 88.3 cm³/mol. The van der Waals surface area contributed by atoms with Crippen LogP contribution in [0.1, 0.15) is 18.4 Å². The van der Waals surface area contributed by atoms with Crippen molar-refractivity contribution in [2.24, 2.45) is 5.92 Å². The topological polar surface area (TPSA) is 23.6 Å². The smallest absolute Gasteiger partial charge is 0.227 e. The highest BCUT2D eigenvalue weighted by atomic mass is 32.2. The Morgan fingerprint density at radius 2 is 1.83 bits per heavy atom. The van der Waals surface area contributed by atoms with Gasteiger partial charge in [-0.3, -0.25) is 9.69 Å². The molecule has 0 aliphatic carbocycles. The van der Waals surface area contributed by atoms with Crippen molar-refractivity contribution < 1.29 is 13.6 Å². The van der Waals surface area contributed by atoms with E-state index in [1.807, 2.05) is 16.7 Å². The van der Waals surface area contributed by atoms with Crippen LogP contribution in [-0.2, 0) is 11.3 Å². The molecular formula is C17H22F2N2OS. The third kappa shape index (κ3) is 4.44. The van der Waals surface area contributed by atoms with E-state index in [-0.39, 0.29) is 11.8 Å². The summed E-state index contributed by atoms with van der Waals surface area (Å²) in [6, 6.07) is 3.63. The average molecular weight is 340 g/mol. The molecule has 0 saturated carbocycles. The first kappa shape index (κ1) is 16.7. The van der Waals surface area contributed by atoms with E-state index in [2.05, 4.69) is 4.90 Å². The summed E-state index contributed by atoms with van der Waals surface area (Å²) in [4.78, 5) is 16.7. The van der Waals surface area contributed by atoms with Gasteiger partial charge in [0.25, 0.3) is 0 Å². The van der Waals surface area contributed by atoms with Crippen molar-refractivity contribution in [3.8, 4) is 0 Å². The summed E-state index contributed by atoms with van der Waals surface area (Å²) in [5.41, 5.74) is 0.630. The Morgan fingerprint density at radius 1 is 1.13 bits per heavy atom. The van der Waals surface area contributed by atoms with Crippen LogP contribution in [0, 0.1) is 17.6 Å².